The number of likely N-dealkylation sites (tertiary alicyclic amines) is 1. The van der Waals surface area contributed by atoms with Gasteiger partial charge in [-0.15, -0.1) is 0 Å². The molecule has 35 heavy (non-hydrogen) atoms. The second kappa shape index (κ2) is 11.4. The molecule has 1 aliphatic rings. The van der Waals surface area contributed by atoms with E-state index in [1.54, 1.807) is 11.8 Å². The lowest BCUT2D eigenvalue weighted by atomic mass is 10.1. The fraction of sp³-hybridized carbons (Fsp3) is 0.464. The number of hydrogen-bond donors (Lipinski definition) is 0. The summed E-state index contributed by atoms with van der Waals surface area (Å²) in [4.78, 5) is 35.2. The summed E-state index contributed by atoms with van der Waals surface area (Å²) in [5.41, 5.74) is 2.58. The van der Waals surface area contributed by atoms with Gasteiger partial charge < -0.3 is 4.90 Å². The molecule has 0 spiro atoms. The lowest BCUT2D eigenvalue weighted by Gasteiger charge is -2.30. The molecule has 1 amide bonds. The van der Waals surface area contributed by atoms with Crippen molar-refractivity contribution in [1.82, 2.24) is 19.4 Å². The summed E-state index contributed by atoms with van der Waals surface area (Å²) in [6, 6.07) is 16.2. The topological polar surface area (TPSA) is 58.4 Å². The zero-order valence-corrected chi connectivity index (χ0v) is 22.1. The number of aromatic nitrogens is 2. The molecule has 0 unspecified atom stereocenters. The summed E-state index contributed by atoms with van der Waals surface area (Å²) in [6.07, 6.45) is 2.18. The third-order valence-corrected chi connectivity index (χ3v) is 7.74. The van der Waals surface area contributed by atoms with Gasteiger partial charge in [-0.2, -0.15) is 0 Å². The lowest BCUT2D eigenvalue weighted by molar-refractivity contribution is 0.0793. The lowest BCUT2D eigenvalue weighted by Crippen LogP contribution is -2.40. The molecule has 1 aliphatic heterocycles. The zero-order valence-electron chi connectivity index (χ0n) is 21.2. The summed E-state index contributed by atoms with van der Waals surface area (Å²) in [5.74, 6) is 0.799. The van der Waals surface area contributed by atoms with Gasteiger partial charge in [0.15, 0.2) is 5.16 Å². The molecule has 0 radical (unpaired) electrons. The summed E-state index contributed by atoms with van der Waals surface area (Å²) >= 11 is 1.58. The first-order chi connectivity index (χ1) is 16.8. The van der Waals surface area contributed by atoms with E-state index in [9.17, 15) is 9.59 Å². The van der Waals surface area contributed by atoms with Crippen LogP contribution in [0.15, 0.2) is 58.5 Å². The van der Waals surface area contributed by atoms with Crippen molar-refractivity contribution in [1.29, 1.82) is 0 Å². The molecular weight excluding hydrogens is 456 g/mol. The van der Waals surface area contributed by atoms with Gasteiger partial charge >= 0.3 is 0 Å². The molecule has 1 fully saturated rings. The van der Waals surface area contributed by atoms with Crippen LogP contribution in [0.25, 0.3) is 10.9 Å². The third-order valence-electron chi connectivity index (χ3n) is 6.70. The Bertz CT molecular complexity index is 1210. The summed E-state index contributed by atoms with van der Waals surface area (Å²) < 4.78 is 1.83. The highest BCUT2D eigenvalue weighted by Gasteiger charge is 2.20. The molecule has 0 bridgehead atoms. The first-order valence-electron chi connectivity index (χ1n) is 12.6. The number of thioether (sulfide) groups is 1. The van der Waals surface area contributed by atoms with E-state index in [0.717, 1.165) is 54.3 Å². The highest BCUT2D eigenvalue weighted by Crippen LogP contribution is 2.23. The first kappa shape index (κ1) is 25.5. The fourth-order valence-electron chi connectivity index (χ4n) is 4.78. The van der Waals surface area contributed by atoms with Crippen molar-refractivity contribution in [2.75, 3.05) is 19.6 Å². The molecule has 0 aliphatic carbocycles. The standard InChI is InChI=1S/C28H36N4O2S/c1-20(2)31(21(3)4)17-18-32-27(34)24-9-5-6-10-25(24)29-28(32)35-19-22-11-13-23(14-12-22)26(33)30-15-7-8-16-30/h5-6,9-14,20-21H,7-8,15-19H2,1-4H3. The van der Waals surface area contributed by atoms with Gasteiger partial charge in [0.25, 0.3) is 11.5 Å². The van der Waals surface area contributed by atoms with E-state index in [1.807, 2.05) is 58.0 Å². The molecule has 2 heterocycles. The first-order valence-corrected chi connectivity index (χ1v) is 13.6. The number of hydrogen-bond acceptors (Lipinski definition) is 5. The largest absolute Gasteiger partial charge is 0.339 e. The number of carbonyl (C=O) groups excluding carboxylic acids is 1. The number of para-hydroxylation sites is 1. The van der Waals surface area contributed by atoms with Crippen molar-refractivity contribution >= 4 is 28.6 Å². The summed E-state index contributed by atoms with van der Waals surface area (Å²) in [5, 5.41) is 1.39. The highest BCUT2D eigenvalue weighted by atomic mass is 32.2. The van der Waals surface area contributed by atoms with E-state index < -0.39 is 0 Å². The van der Waals surface area contributed by atoms with Crippen molar-refractivity contribution in [3.8, 4) is 0 Å². The van der Waals surface area contributed by atoms with Gasteiger partial charge in [0.2, 0.25) is 0 Å². The van der Waals surface area contributed by atoms with Gasteiger partial charge in [0.05, 0.1) is 10.9 Å². The second-order valence-corrected chi connectivity index (χ2v) is 10.7. The molecule has 1 aromatic heterocycles. The Kier molecular flexibility index (Phi) is 8.29. The Balaban J connectivity index is 1.54. The van der Waals surface area contributed by atoms with Crippen LogP contribution >= 0.6 is 11.8 Å². The molecule has 7 heteroatoms. The van der Waals surface area contributed by atoms with Crippen molar-refractivity contribution < 1.29 is 4.79 Å². The Hall–Kier alpha value is -2.64. The smallest absolute Gasteiger partial charge is 0.262 e. The summed E-state index contributed by atoms with van der Waals surface area (Å²) in [7, 11) is 0. The Morgan fingerprint density at radius 3 is 2.31 bits per heavy atom. The molecule has 6 nitrogen and oxygen atoms in total. The molecule has 2 aromatic carbocycles. The van der Waals surface area contributed by atoms with E-state index in [-0.39, 0.29) is 11.5 Å². The van der Waals surface area contributed by atoms with Crippen LogP contribution < -0.4 is 5.56 Å². The van der Waals surface area contributed by atoms with Crippen molar-refractivity contribution in [3.63, 3.8) is 0 Å². The van der Waals surface area contributed by atoms with E-state index in [0.29, 0.717) is 29.8 Å². The predicted molar refractivity (Wildman–Crippen MR) is 144 cm³/mol. The number of carbonyl (C=O) groups is 1. The molecule has 0 saturated carbocycles. The van der Waals surface area contributed by atoms with Crippen LogP contribution in [0.4, 0.5) is 0 Å². The maximum atomic E-state index is 13.4. The Labute approximate surface area is 212 Å². The quantitative estimate of drug-likeness (QED) is 0.309. The fourth-order valence-corrected chi connectivity index (χ4v) is 5.76. The minimum atomic E-state index is 0.0112. The van der Waals surface area contributed by atoms with Crippen LogP contribution in [0.3, 0.4) is 0 Å². The predicted octanol–water partition coefficient (Wildman–Crippen LogP) is 5.04. The molecule has 0 atom stereocenters. The summed E-state index contributed by atoms with van der Waals surface area (Å²) in [6.45, 7) is 11.9. The van der Waals surface area contributed by atoms with Crippen molar-refractivity contribution in [3.05, 3.63) is 70.0 Å². The van der Waals surface area contributed by atoms with Crippen molar-refractivity contribution in [2.24, 2.45) is 0 Å². The zero-order chi connectivity index (χ0) is 24.9. The number of fused-ring (bicyclic) bond motifs is 1. The molecule has 3 aromatic rings. The maximum absolute atomic E-state index is 13.4. The van der Waals surface area contributed by atoms with E-state index in [2.05, 4.69) is 32.6 Å². The number of nitrogens with zero attached hydrogens (tertiary/aromatic N) is 4. The number of amides is 1. The SMILES string of the molecule is CC(C)N(CCn1c(SCc2ccc(C(=O)N3CCCC3)cc2)nc2ccccc2c1=O)C(C)C. The van der Waals surface area contributed by atoms with Crippen LogP contribution in [-0.4, -0.2) is 57.0 Å². The van der Waals surface area contributed by atoms with Gasteiger partial charge in [-0.05, 0) is 70.4 Å². The molecule has 4 rings (SSSR count). The third kappa shape index (κ3) is 5.96. The average molecular weight is 493 g/mol. The van der Waals surface area contributed by atoms with Crippen molar-refractivity contribution in [2.45, 2.75) is 70.1 Å². The minimum Gasteiger partial charge on any atom is -0.339 e. The van der Waals surface area contributed by atoms with Gasteiger partial charge in [0, 0.05) is 49.6 Å². The van der Waals surface area contributed by atoms with Gasteiger partial charge in [-0.3, -0.25) is 19.1 Å². The van der Waals surface area contributed by atoms with E-state index in [4.69, 9.17) is 4.98 Å². The van der Waals surface area contributed by atoms with Crippen LogP contribution in [0.2, 0.25) is 0 Å². The highest BCUT2D eigenvalue weighted by molar-refractivity contribution is 7.98. The minimum absolute atomic E-state index is 0.0112. The average Bonchev–Trinajstić information content (AvgIpc) is 3.39. The Morgan fingerprint density at radius 2 is 1.66 bits per heavy atom. The Morgan fingerprint density at radius 1 is 1.00 bits per heavy atom. The van der Waals surface area contributed by atoms with Crippen LogP contribution in [0.5, 0.6) is 0 Å². The van der Waals surface area contributed by atoms with Gasteiger partial charge in [0.1, 0.15) is 0 Å². The van der Waals surface area contributed by atoms with Gasteiger partial charge in [-0.1, -0.05) is 36.0 Å². The van der Waals surface area contributed by atoms with E-state index >= 15 is 0 Å². The normalized spacial score (nSPS) is 14.1. The number of rotatable bonds is 9. The molecular formula is C28H36N4O2S. The molecule has 186 valence electrons. The van der Waals surface area contributed by atoms with E-state index in [1.165, 1.54) is 0 Å². The maximum Gasteiger partial charge on any atom is 0.262 e. The second-order valence-electron chi connectivity index (χ2n) is 9.78. The number of benzene rings is 2. The molecule has 1 saturated heterocycles. The van der Waals surface area contributed by atoms with Crippen LogP contribution in [0, 0.1) is 0 Å². The van der Waals surface area contributed by atoms with Crippen LogP contribution in [0.1, 0.15) is 56.5 Å². The van der Waals surface area contributed by atoms with Crippen LogP contribution in [-0.2, 0) is 12.3 Å². The molecule has 0 N–H and O–H groups in total. The van der Waals surface area contributed by atoms with Gasteiger partial charge in [-0.25, -0.2) is 4.98 Å². The monoisotopic (exact) mass is 492 g/mol.